The van der Waals surface area contributed by atoms with Crippen LogP contribution in [0.1, 0.15) is 0 Å². The zero-order valence-corrected chi connectivity index (χ0v) is 7.40. The number of aliphatic hydroxyl groups is 3. The first-order valence-corrected chi connectivity index (χ1v) is 3.94. The highest BCUT2D eigenvalue weighted by Crippen LogP contribution is 2.21. The molecular weight excluding hydrogens is 196 g/mol. The molecule has 82 valence electrons. The Bertz CT molecular complexity index is 218. The van der Waals surface area contributed by atoms with Crippen molar-refractivity contribution in [2.24, 2.45) is 0 Å². The minimum Gasteiger partial charge on any atom is -0.479 e. The topological polar surface area (TPSA) is 116 Å². The van der Waals surface area contributed by atoms with Gasteiger partial charge in [0.1, 0.15) is 18.3 Å². The second-order valence-corrected chi connectivity index (χ2v) is 2.97. The van der Waals surface area contributed by atoms with E-state index in [-0.39, 0.29) is 0 Å². The minimum atomic E-state index is -1.72. The minimum absolute atomic E-state index is 1.18. The van der Waals surface area contributed by atoms with Gasteiger partial charge in [0, 0.05) is 7.11 Å². The SMILES string of the molecule is CO[C@H]1C(C(=O)O)O[C@@H](O)C(O)C1O. The van der Waals surface area contributed by atoms with E-state index >= 15 is 0 Å². The average molecular weight is 208 g/mol. The summed E-state index contributed by atoms with van der Waals surface area (Å²) in [6.45, 7) is 0. The molecule has 7 nitrogen and oxygen atoms in total. The van der Waals surface area contributed by atoms with Crippen LogP contribution in [-0.2, 0) is 14.3 Å². The lowest BCUT2D eigenvalue weighted by molar-refractivity contribution is -0.283. The quantitative estimate of drug-likeness (QED) is 0.397. The second kappa shape index (κ2) is 4.20. The number of ether oxygens (including phenoxy) is 2. The number of hydrogen-bond acceptors (Lipinski definition) is 6. The highest BCUT2D eigenvalue weighted by Gasteiger charge is 2.47. The molecule has 0 aromatic rings. The summed E-state index contributed by atoms with van der Waals surface area (Å²) in [5.74, 6) is -1.37. The standard InChI is InChI=1S/C7H12O7/c1-13-4-2(8)3(9)7(12)14-5(4)6(10)11/h2-5,7-9,12H,1H3,(H,10,11)/t2?,3?,4-,5?,7-/m1/s1. The normalized spacial score (nSPS) is 43.6. The van der Waals surface area contributed by atoms with E-state index in [1.807, 2.05) is 0 Å². The van der Waals surface area contributed by atoms with Gasteiger partial charge in [0.15, 0.2) is 12.4 Å². The maximum atomic E-state index is 10.6. The highest BCUT2D eigenvalue weighted by atomic mass is 16.7. The van der Waals surface area contributed by atoms with E-state index in [2.05, 4.69) is 9.47 Å². The van der Waals surface area contributed by atoms with Crippen LogP contribution in [0.2, 0.25) is 0 Å². The summed E-state index contributed by atoms with van der Waals surface area (Å²) < 4.78 is 9.22. The molecule has 0 radical (unpaired) electrons. The van der Waals surface area contributed by atoms with Gasteiger partial charge in [-0.2, -0.15) is 0 Å². The van der Waals surface area contributed by atoms with E-state index in [1.54, 1.807) is 0 Å². The van der Waals surface area contributed by atoms with Crippen molar-refractivity contribution in [3.8, 4) is 0 Å². The van der Waals surface area contributed by atoms with Crippen molar-refractivity contribution in [1.29, 1.82) is 0 Å². The van der Waals surface area contributed by atoms with Gasteiger partial charge in [0.05, 0.1) is 0 Å². The van der Waals surface area contributed by atoms with Gasteiger partial charge in [0.2, 0.25) is 0 Å². The Labute approximate surface area is 79.5 Å². The molecule has 1 aliphatic heterocycles. The van der Waals surface area contributed by atoms with E-state index in [0.29, 0.717) is 0 Å². The Hall–Kier alpha value is -0.730. The van der Waals surface area contributed by atoms with Crippen molar-refractivity contribution in [1.82, 2.24) is 0 Å². The first-order chi connectivity index (χ1) is 6.49. The third-order valence-corrected chi connectivity index (χ3v) is 2.08. The van der Waals surface area contributed by atoms with Crippen LogP contribution in [0.5, 0.6) is 0 Å². The molecule has 4 N–H and O–H groups in total. The predicted molar refractivity (Wildman–Crippen MR) is 41.3 cm³/mol. The Morgan fingerprint density at radius 3 is 2.29 bits per heavy atom. The molecule has 0 aliphatic carbocycles. The number of hydrogen-bond donors (Lipinski definition) is 4. The van der Waals surface area contributed by atoms with Gasteiger partial charge >= 0.3 is 5.97 Å². The van der Waals surface area contributed by atoms with Gasteiger partial charge in [-0.15, -0.1) is 0 Å². The maximum absolute atomic E-state index is 10.6. The molecule has 1 heterocycles. The molecule has 0 amide bonds. The lowest BCUT2D eigenvalue weighted by Crippen LogP contribution is -2.60. The van der Waals surface area contributed by atoms with Crippen LogP contribution in [0.15, 0.2) is 0 Å². The fourth-order valence-corrected chi connectivity index (χ4v) is 1.31. The average Bonchev–Trinajstić information content (AvgIpc) is 2.13. The van der Waals surface area contributed by atoms with Crippen LogP contribution in [0, 0.1) is 0 Å². The smallest absolute Gasteiger partial charge is 0.335 e. The lowest BCUT2D eigenvalue weighted by atomic mass is 9.99. The first-order valence-electron chi connectivity index (χ1n) is 3.94. The van der Waals surface area contributed by atoms with E-state index in [0.717, 1.165) is 0 Å². The van der Waals surface area contributed by atoms with Crippen LogP contribution in [0.4, 0.5) is 0 Å². The zero-order chi connectivity index (χ0) is 10.9. The van der Waals surface area contributed by atoms with Gasteiger partial charge in [-0.05, 0) is 0 Å². The van der Waals surface area contributed by atoms with Gasteiger partial charge < -0.3 is 29.9 Å². The molecule has 3 unspecified atom stereocenters. The summed E-state index contributed by atoms with van der Waals surface area (Å²) in [5.41, 5.74) is 0. The Morgan fingerprint density at radius 1 is 1.29 bits per heavy atom. The molecule has 5 atom stereocenters. The van der Waals surface area contributed by atoms with Crippen molar-refractivity contribution in [3.05, 3.63) is 0 Å². The maximum Gasteiger partial charge on any atom is 0.335 e. The molecule has 1 aliphatic rings. The highest BCUT2D eigenvalue weighted by molar-refractivity contribution is 5.73. The zero-order valence-electron chi connectivity index (χ0n) is 7.40. The summed E-state index contributed by atoms with van der Waals surface area (Å²) >= 11 is 0. The lowest BCUT2D eigenvalue weighted by Gasteiger charge is -2.37. The molecule has 0 aromatic heterocycles. The van der Waals surface area contributed by atoms with Gasteiger partial charge in [-0.1, -0.05) is 0 Å². The summed E-state index contributed by atoms with van der Waals surface area (Å²) in [5, 5.41) is 36.2. The van der Waals surface area contributed by atoms with Gasteiger partial charge in [0.25, 0.3) is 0 Å². The van der Waals surface area contributed by atoms with E-state index in [9.17, 15) is 9.90 Å². The molecule has 7 heteroatoms. The fraction of sp³-hybridized carbons (Fsp3) is 0.857. The number of carboxylic acids is 1. The fourth-order valence-electron chi connectivity index (χ4n) is 1.31. The van der Waals surface area contributed by atoms with Crippen molar-refractivity contribution in [3.63, 3.8) is 0 Å². The molecule has 0 spiro atoms. The Balaban J connectivity index is 2.82. The van der Waals surface area contributed by atoms with Gasteiger partial charge in [-0.25, -0.2) is 4.79 Å². The molecule has 1 fully saturated rings. The largest absolute Gasteiger partial charge is 0.479 e. The molecule has 1 rings (SSSR count). The number of methoxy groups -OCH3 is 1. The predicted octanol–water partition coefficient (Wildman–Crippen LogP) is -2.47. The van der Waals surface area contributed by atoms with E-state index in [1.165, 1.54) is 7.11 Å². The van der Waals surface area contributed by atoms with Crippen LogP contribution in [0.25, 0.3) is 0 Å². The number of aliphatic carboxylic acids is 1. The molecule has 0 aromatic carbocycles. The number of rotatable bonds is 2. The molecule has 0 saturated carbocycles. The van der Waals surface area contributed by atoms with E-state index < -0.39 is 36.7 Å². The summed E-state index contributed by atoms with van der Waals surface area (Å²) in [4.78, 5) is 10.6. The molecular formula is C7H12O7. The third kappa shape index (κ3) is 1.86. The number of aliphatic hydroxyl groups excluding tert-OH is 3. The monoisotopic (exact) mass is 208 g/mol. The van der Waals surface area contributed by atoms with Gasteiger partial charge in [-0.3, -0.25) is 0 Å². The summed E-state index contributed by atoms with van der Waals surface area (Å²) in [7, 11) is 1.18. The Kier molecular flexibility index (Phi) is 3.40. The van der Waals surface area contributed by atoms with Crippen LogP contribution in [-0.4, -0.2) is 64.2 Å². The molecule has 14 heavy (non-hydrogen) atoms. The molecule has 1 saturated heterocycles. The van der Waals surface area contributed by atoms with Crippen molar-refractivity contribution < 1.29 is 34.7 Å². The number of carboxylic acid groups (broad SMARTS) is 1. The van der Waals surface area contributed by atoms with E-state index in [4.69, 9.17) is 15.3 Å². The summed E-state index contributed by atoms with van der Waals surface area (Å²) in [6.07, 6.45) is -7.49. The van der Waals surface area contributed by atoms with Crippen LogP contribution in [0.3, 0.4) is 0 Å². The molecule has 0 bridgehead atoms. The second-order valence-electron chi connectivity index (χ2n) is 2.97. The first kappa shape index (κ1) is 11.3. The third-order valence-electron chi connectivity index (χ3n) is 2.08. The van der Waals surface area contributed by atoms with Crippen LogP contribution < -0.4 is 0 Å². The summed E-state index contributed by atoms with van der Waals surface area (Å²) in [6, 6.07) is 0. The van der Waals surface area contributed by atoms with Crippen molar-refractivity contribution in [2.45, 2.75) is 30.7 Å². The Morgan fingerprint density at radius 2 is 1.86 bits per heavy atom. The van der Waals surface area contributed by atoms with Crippen molar-refractivity contribution >= 4 is 5.97 Å². The van der Waals surface area contributed by atoms with Crippen molar-refractivity contribution in [2.75, 3.05) is 7.11 Å². The van der Waals surface area contributed by atoms with Crippen LogP contribution >= 0.6 is 0 Å². The number of carbonyl (C=O) groups is 1.